The molecule has 0 saturated carbocycles. The highest BCUT2D eigenvalue weighted by atomic mass is 32.2. The van der Waals surface area contributed by atoms with E-state index < -0.39 is 61.3 Å². The molecule has 0 saturated heterocycles. The summed E-state index contributed by atoms with van der Waals surface area (Å²) in [6, 6.07) is 29.5. The molecule has 350 valence electrons. The quantitative estimate of drug-likeness (QED) is 0.0236. The largest absolute Gasteiger partial charge is 0.457 e. The van der Waals surface area contributed by atoms with Crippen LogP contribution in [0.1, 0.15) is 48.5 Å². The predicted molar refractivity (Wildman–Crippen MR) is 230 cm³/mol. The maximum absolute atomic E-state index is 15.0. The Morgan fingerprint density at radius 1 is 0.529 bits per heavy atom. The standard InChI is InChI=1S/C48H31F7O11S2/c1-28-2-16-38(17-3-28)64-41-25-9-32(27-43(41)68(59,60)61)45(57)31-8-24-40(42(26-31)67-66-65-58)63-39-22-12-34(13-23-39)46(47(50,51)52,48(53,54)55)33-10-20-37(21-11-33)62-36-18-6-30(7-19-36)44(56)29-4-14-35(49)15-5-29/h2-27,58H,1H3,(H,59,60,61). The average Bonchev–Trinajstić information content (AvgIpc) is 3.29. The molecular weight excluding hydrogens is 950 g/mol. The Labute approximate surface area is 386 Å². The van der Waals surface area contributed by atoms with Gasteiger partial charge in [0.15, 0.2) is 11.6 Å². The second-order valence-corrected chi connectivity index (χ2v) is 16.8. The van der Waals surface area contributed by atoms with Crippen molar-refractivity contribution in [3.63, 3.8) is 0 Å². The van der Waals surface area contributed by atoms with Crippen LogP contribution in [-0.2, 0) is 24.9 Å². The zero-order valence-corrected chi connectivity index (χ0v) is 36.2. The molecular formula is C48H31F7O11S2. The number of alkyl halides is 6. The highest BCUT2D eigenvalue weighted by Crippen LogP contribution is 2.56. The molecule has 7 aromatic carbocycles. The molecule has 68 heavy (non-hydrogen) atoms. The van der Waals surface area contributed by atoms with Gasteiger partial charge in [0.2, 0.25) is 5.41 Å². The lowest BCUT2D eigenvalue weighted by Crippen LogP contribution is -2.54. The first-order valence-corrected chi connectivity index (χ1v) is 21.7. The molecule has 20 heteroatoms. The van der Waals surface area contributed by atoms with Gasteiger partial charge in [-0.2, -0.15) is 34.8 Å². The van der Waals surface area contributed by atoms with Gasteiger partial charge in [-0.05, 0) is 139 Å². The van der Waals surface area contributed by atoms with Crippen LogP contribution in [0.25, 0.3) is 0 Å². The third-order valence-electron chi connectivity index (χ3n) is 10.2. The van der Waals surface area contributed by atoms with E-state index in [1.807, 2.05) is 6.92 Å². The smallest absolute Gasteiger partial charge is 0.411 e. The van der Waals surface area contributed by atoms with Crippen LogP contribution in [0.5, 0.6) is 34.5 Å². The Kier molecular flexibility index (Phi) is 14.1. The van der Waals surface area contributed by atoms with Gasteiger partial charge in [0.1, 0.15) is 45.2 Å². The summed E-state index contributed by atoms with van der Waals surface area (Å²) in [7, 11) is -4.94. The summed E-state index contributed by atoms with van der Waals surface area (Å²) >= 11 is 0.282. The summed E-state index contributed by atoms with van der Waals surface area (Å²) in [6.07, 6.45) is -11.9. The van der Waals surface area contributed by atoms with Crippen molar-refractivity contribution in [3.8, 4) is 34.5 Å². The second-order valence-electron chi connectivity index (χ2n) is 14.6. The van der Waals surface area contributed by atoms with E-state index in [9.17, 15) is 27.0 Å². The van der Waals surface area contributed by atoms with Gasteiger partial charge in [0, 0.05) is 22.3 Å². The van der Waals surface area contributed by atoms with Crippen LogP contribution in [0, 0.1) is 12.7 Å². The Morgan fingerprint density at radius 3 is 1.41 bits per heavy atom. The predicted octanol–water partition coefficient (Wildman–Crippen LogP) is 13.1. The van der Waals surface area contributed by atoms with Crippen molar-refractivity contribution in [1.29, 1.82) is 0 Å². The summed E-state index contributed by atoms with van der Waals surface area (Å²) in [5, 5.41) is 12.5. The van der Waals surface area contributed by atoms with Crippen LogP contribution < -0.4 is 14.2 Å². The van der Waals surface area contributed by atoms with E-state index in [4.69, 9.17) is 19.5 Å². The van der Waals surface area contributed by atoms with Gasteiger partial charge in [-0.25, -0.2) is 9.65 Å². The first-order valence-electron chi connectivity index (χ1n) is 19.5. The Bertz CT molecular complexity index is 3040. The molecule has 0 unspecified atom stereocenters. The molecule has 11 nitrogen and oxygen atoms in total. The van der Waals surface area contributed by atoms with Gasteiger partial charge in [-0.15, -0.1) is 4.33 Å². The lowest BCUT2D eigenvalue weighted by Gasteiger charge is -2.38. The number of halogens is 7. The van der Waals surface area contributed by atoms with Crippen LogP contribution in [0.2, 0.25) is 0 Å². The van der Waals surface area contributed by atoms with Gasteiger partial charge >= 0.3 is 12.4 Å². The number of benzene rings is 7. The lowest BCUT2D eigenvalue weighted by molar-refractivity contribution is -0.432. The van der Waals surface area contributed by atoms with E-state index in [2.05, 4.69) is 9.37 Å². The maximum Gasteiger partial charge on any atom is 0.411 e. The minimum atomic E-state index is -5.95. The number of rotatable bonds is 16. The molecule has 7 aromatic rings. The van der Waals surface area contributed by atoms with E-state index >= 15 is 26.3 Å². The van der Waals surface area contributed by atoms with Gasteiger partial charge in [-0.1, -0.05) is 47.0 Å². The zero-order valence-electron chi connectivity index (χ0n) is 34.5. The van der Waals surface area contributed by atoms with Crippen molar-refractivity contribution in [1.82, 2.24) is 0 Å². The Morgan fingerprint density at radius 2 is 0.926 bits per heavy atom. The normalized spacial score (nSPS) is 12.1. The van der Waals surface area contributed by atoms with Crippen molar-refractivity contribution in [2.75, 3.05) is 0 Å². The molecule has 0 fully saturated rings. The minimum absolute atomic E-state index is 0.101. The van der Waals surface area contributed by atoms with Crippen LogP contribution in [0.15, 0.2) is 168 Å². The topological polar surface area (TPSA) is 155 Å². The van der Waals surface area contributed by atoms with Gasteiger partial charge in [0.05, 0.1) is 16.9 Å². The first-order chi connectivity index (χ1) is 32.2. The molecule has 0 aromatic heterocycles. The fourth-order valence-corrected chi connectivity index (χ4v) is 8.03. The highest BCUT2D eigenvalue weighted by Gasteiger charge is 2.72. The maximum atomic E-state index is 15.0. The average molecular weight is 981 g/mol. The summed E-state index contributed by atoms with van der Waals surface area (Å²) in [5.74, 6) is -2.34. The molecule has 0 amide bonds. The number of hydrogen-bond donors (Lipinski definition) is 2. The number of carbonyl (C=O) groups excluding carboxylic acids is 2. The van der Waals surface area contributed by atoms with E-state index in [1.54, 1.807) is 24.3 Å². The molecule has 0 aliphatic heterocycles. The molecule has 0 aliphatic rings. The third-order valence-corrected chi connectivity index (χ3v) is 11.7. The first kappa shape index (κ1) is 48.9. The molecule has 0 bridgehead atoms. The van der Waals surface area contributed by atoms with Crippen molar-refractivity contribution < 1.29 is 82.1 Å². The molecule has 0 atom stereocenters. The summed E-state index contributed by atoms with van der Waals surface area (Å²) in [4.78, 5) is 25.5. The third kappa shape index (κ3) is 10.5. The molecule has 2 N–H and O–H groups in total. The molecule has 7 rings (SSSR count). The van der Waals surface area contributed by atoms with Crippen molar-refractivity contribution in [2.24, 2.45) is 0 Å². The molecule has 0 radical (unpaired) electrons. The van der Waals surface area contributed by atoms with Crippen LogP contribution in [0.3, 0.4) is 0 Å². The van der Waals surface area contributed by atoms with Gasteiger partial charge in [0.25, 0.3) is 10.1 Å². The zero-order chi connectivity index (χ0) is 49.0. The molecule has 0 spiro atoms. The van der Waals surface area contributed by atoms with Crippen molar-refractivity contribution in [2.45, 2.75) is 34.5 Å². The fourth-order valence-electron chi connectivity index (χ4n) is 6.92. The van der Waals surface area contributed by atoms with E-state index in [1.165, 1.54) is 54.6 Å². The Balaban J connectivity index is 1.12. The summed E-state index contributed by atoms with van der Waals surface area (Å²) in [5.41, 5.74) is -6.07. The van der Waals surface area contributed by atoms with E-state index in [0.29, 0.717) is 24.3 Å². The van der Waals surface area contributed by atoms with E-state index in [0.717, 1.165) is 60.2 Å². The highest BCUT2D eigenvalue weighted by molar-refractivity contribution is 7.94. The van der Waals surface area contributed by atoms with Gasteiger partial charge < -0.3 is 14.2 Å². The number of ketones is 2. The number of carbonyl (C=O) groups is 2. The van der Waals surface area contributed by atoms with Crippen LogP contribution in [0.4, 0.5) is 30.7 Å². The number of ether oxygens (including phenoxy) is 3. The lowest BCUT2D eigenvalue weighted by atomic mass is 9.73. The van der Waals surface area contributed by atoms with Gasteiger partial charge in [-0.3, -0.25) is 14.1 Å². The SMILES string of the molecule is Cc1ccc(Oc2ccc(C(=O)c3ccc(Oc4ccc(C(c5ccc(Oc6ccc(C(=O)c7ccc(F)cc7)cc6)cc5)(C(F)(F)F)C(F)(F)F)cc4)c(SOOO)c3)cc2S(=O)(=O)O)cc1. The van der Waals surface area contributed by atoms with Crippen LogP contribution >= 0.6 is 12.0 Å². The molecule has 0 heterocycles. The monoisotopic (exact) mass is 980 g/mol. The fraction of sp³-hybridized carbons (Fsp3) is 0.0833. The number of aryl methyl sites for hydroxylation is 1. The van der Waals surface area contributed by atoms with Crippen LogP contribution in [-0.4, -0.2) is 42.1 Å². The van der Waals surface area contributed by atoms with E-state index in [-0.39, 0.29) is 73.7 Å². The molecule has 0 aliphatic carbocycles. The van der Waals surface area contributed by atoms with Crippen molar-refractivity contribution >= 4 is 33.7 Å². The summed E-state index contributed by atoms with van der Waals surface area (Å²) in [6.45, 7) is 1.82. The minimum Gasteiger partial charge on any atom is -0.457 e. The second kappa shape index (κ2) is 19.6. The number of hydrogen-bond acceptors (Lipinski definition) is 11. The summed E-state index contributed by atoms with van der Waals surface area (Å²) < 4.78 is 160. The Hall–Kier alpha value is -7.07. The van der Waals surface area contributed by atoms with Crippen molar-refractivity contribution in [3.05, 3.63) is 202 Å².